The van der Waals surface area contributed by atoms with Crippen LogP contribution in [0.3, 0.4) is 0 Å². The van der Waals surface area contributed by atoms with Crippen molar-refractivity contribution >= 4 is 11.8 Å². The first-order valence-corrected chi connectivity index (χ1v) is 8.28. The minimum Gasteiger partial charge on any atom is -0.489 e. The first kappa shape index (κ1) is 14.5. The summed E-state index contributed by atoms with van der Waals surface area (Å²) in [7, 11) is 0. The van der Waals surface area contributed by atoms with E-state index in [1.165, 1.54) is 0 Å². The van der Waals surface area contributed by atoms with Crippen LogP contribution in [-0.2, 0) is 9.53 Å². The number of ether oxygens (including phenoxy) is 2. The van der Waals surface area contributed by atoms with Crippen molar-refractivity contribution in [2.45, 2.75) is 38.7 Å². The molecule has 0 radical (unpaired) electrons. The predicted molar refractivity (Wildman–Crippen MR) is 84.5 cm³/mol. The molecule has 0 aromatic heterocycles. The van der Waals surface area contributed by atoms with E-state index in [1.54, 1.807) is 0 Å². The van der Waals surface area contributed by atoms with E-state index < -0.39 is 0 Å². The fourth-order valence-corrected chi connectivity index (χ4v) is 3.94. The number of ketones is 1. The van der Waals surface area contributed by atoms with Gasteiger partial charge in [0.25, 0.3) is 0 Å². The number of cyclic esters (lactones) is 1. The van der Waals surface area contributed by atoms with Gasteiger partial charge in [0.2, 0.25) is 0 Å². The molecule has 2 heterocycles. The fourth-order valence-electron chi connectivity index (χ4n) is 3.94. The largest absolute Gasteiger partial charge is 0.489 e. The SMILES string of the molecule is CC(C)c1ccc2c(c1)C(=O)[C@H]1[C@@H](CC=C3C(=O)OCC[C@@H]31)O2. The molecule has 0 N–H and O–H groups in total. The number of carbonyl (C=O) groups excluding carboxylic acids is 2. The Bertz CT molecular complexity index is 716. The Hall–Kier alpha value is -2.10. The van der Waals surface area contributed by atoms with Crippen LogP contribution in [0.15, 0.2) is 29.8 Å². The number of carbonyl (C=O) groups is 2. The second-order valence-corrected chi connectivity index (χ2v) is 6.88. The Morgan fingerprint density at radius 1 is 1.22 bits per heavy atom. The zero-order chi connectivity index (χ0) is 16.1. The lowest BCUT2D eigenvalue weighted by molar-refractivity contribution is -0.143. The topological polar surface area (TPSA) is 52.6 Å². The van der Waals surface area contributed by atoms with Crippen LogP contribution in [0.25, 0.3) is 0 Å². The van der Waals surface area contributed by atoms with E-state index in [0.717, 1.165) is 5.56 Å². The molecule has 1 aromatic rings. The summed E-state index contributed by atoms with van der Waals surface area (Å²) in [6.07, 6.45) is 3.02. The number of hydrogen-bond donors (Lipinski definition) is 0. The van der Waals surface area contributed by atoms with Gasteiger partial charge >= 0.3 is 5.97 Å². The van der Waals surface area contributed by atoms with Gasteiger partial charge in [0.15, 0.2) is 5.78 Å². The molecule has 120 valence electrons. The predicted octanol–water partition coefficient (Wildman–Crippen LogP) is 3.26. The van der Waals surface area contributed by atoms with E-state index in [-0.39, 0.29) is 29.7 Å². The summed E-state index contributed by atoms with van der Waals surface area (Å²) in [5.41, 5.74) is 2.46. The summed E-state index contributed by atoms with van der Waals surface area (Å²) in [4.78, 5) is 25.1. The maximum Gasteiger partial charge on any atom is 0.333 e. The molecule has 4 rings (SSSR count). The molecular formula is C19H20O4. The third-order valence-electron chi connectivity index (χ3n) is 5.22. The molecule has 1 aliphatic carbocycles. The first-order valence-electron chi connectivity index (χ1n) is 8.28. The van der Waals surface area contributed by atoms with Crippen molar-refractivity contribution in [2.24, 2.45) is 11.8 Å². The Morgan fingerprint density at radius 2 is 2.04 bits per heavy atom. The zero-order valence-electron chi connectivity index (χ0n) is 13.4. The van der Waals surface area contributed by atoms with E-state index in [1.807, 2.05) is 24.3 Å². The summed E-state index contributed by atoms with van der Waals surface area (Å²) >= 11 is 0. The van der Waals surface area contributed by atoms with Gasteiger partial charge in [-0.15, -0.1) is 0 Å². The van der Waals surface area contributed by atoms with Gasteiger partial charge in [-0.25, -0.2) is 4.79 Å². The van der Waals surface area contributed by atoms with Gasteiger partial charge in [-0.2, -0.15) is 0 Å². The molecule has 0 bridgehead atoms. The van der Waals surface area contributed by atoms with Gasteiger partial charge in [0.05, 0.1) is 18.1 Å². The maximum atomic E-state index is 13.1. The Morgan fingerprint density at radius 3 is 2.83 bits per heavy atom. The van der Waals surface area contributed by atoms with Crippen LogP contribution >= 0.6 is 0 Å². The minimum atomic E-state index is -0.269. The highest BCUT2D eigenvalue weighted by Gasteiger charge is 2.48. The van der Waals surface area contributed by atoms with Crippen LogP contribution in [0, 0.1) is 11.8 Å². The molecule has 23 heavy (non-hydrogen) atoms. The molecule has 1 fully saturated rings. The molecule has 0 saturated carbocycles. The van der Waals surface area contributed by atoms with E-state index in [0.29, 0.717) is 42.3 Å². The van der Waals surface area contributed by atoms with Crippen molar-refractivity contribution in [3.05, 3.63) is 41.0 Å². The van der Waals surface area contributed by atoms with Crippen LogP contribution in [0.5, 0.6) is 5.75 Å². The fraction of sp³-hybridized carbons (Fsp3) is 0.474. The smallest absolute Gasteiger partial charge is 0.333 e. The number of benzene rings is 1. The van der Waals surface area contributed by atoms with Crippen molar-refractivity contribution in [1.82, 2.24) is 0 Å². The average Bonchev–Trinajstić information content (AvgIpc) is 2.54. The average molecular weight is 312 g/mol. The number of hydrogen-bond acceptors (Lipinski definition) is 4. The highest BCUT2D eigenvalue weighted by Crippen LogP contribution is 2.44. The zero-order valence-corrected chi connectivity index (χ0v) is 13.4. The lowest BCUT2D eigenvalue weighted by atomic mass is 9.69. The molecule has 1 saturated heterocycles. The van der Waals surface area contributed by atoms with Crippen molar-refractivity contribution in [2.75, 3.05) is 6.61 Å². The molecule has 0 amide bonds. The standard InChI is InChI=1S/C19H20O4/c1-10(2)11-3-5-15-14(9-11)18(20)17-12-7-8-22-19(21)13(12)4-6-16(17)23-15/h3-5,9-10,12,16-17H,6-8H2,1-2H3/t12-,16+,17+/m0/s1. The molecule has 3 aliphatic rings. The third kappa shape index (κ3) is 2.19. The number of Topliss-reactive ketones (excluding diaryl/α,β-unsaturated/α-hetero) is 1. The van der Waals surface area contributed by atoms with Crippen LogP contribution in [0.2, 0.25) is 0 Å². The highest BCUT2D eigenvalue weighted by molar-refractivity contribution is 6.03. The molecule has 3 atom stereocenters. The molecule has 0 spiro atoms. The summed E-state index contributed by atoms with van der Waals surface area (Å²) in [5, 5.41) is 0. The number of rotatable bonds is 1. The van der Waals surface area contributed by atoms with E-state index in [2.05, 4.69) is 13.8 Å². The van der Waals surface area contributed by atoms with Crippen molar-refractivity contribution in [3.8, 4) is 5.75 Å². The van der Waals surface area contributed by atoms with E-state index in [4.69, 9.17) is 9.47 Å². The van der Waals surface area contributed by atoms with Crippen LogP contribution in [0.1, 0.15) is 48.5 Å². The van der Waals surface area contributed by atoms with E-state index in [9.17, 15) is 9.59 Å². The third-order valence-corrected chi connectivity index (χ3v) is 5.22. The quantitative estimate of drug-likeness (QED) is 0.747. The molecule has 4 nitrogen and oxygen atoms in total. The molecule has 0 unspecified atom stereocenters. The monoisotopic (exact) mass is 312 g/mol. The van der Waals surface area contributed by atoms with Crippen LogP contribution in [-0.4, -0.2) is 24.5 Å². The van der Waals surface area contributed by atoms with Gasteiger partial charge in [-0.1, -0.05) is 26.0 Å². The van der Waals surface area contributed by atoms with Gasteiger partial charge in [0.1, 0.15) is 11.9 Å². The summed E-state index contributed by atoms with van der Waals surface area (Å²) in [6.45, 7) is 4.60. The first-order chi connectivity index (χ1) is 11.1. The van der Waals surface area contributed by atoms with Gasteiger partial charge in [0, 0.05) is 17.9 Å². The van der Waals surface area contributed by atoms with Crippen LogP contribution < -0.4 is 4.74 Å². The molecular weight excluding hydrogens is 292 g/mol. The minimum absolute atomic E-state index is 0.0710. The van der Waals surface area contributed by atoms with Crippen molar-refractivity contribution in [3.63, 3.8) is 0 Å². The van der Waals surface area contributed by atoms with Gasteiger partial charge in [-0.05, 0) is 30.0 Å². The lowest BCUT2D eigenvalue weighted by Crippen LogP contribution is -2.47. The molecule has 2 aliphatic heterocycles. The second kappa shape index (κ2) is 5.22. The van der Waals surface area contributed by atoms with Gasteiger partial charge < -0.3 is 9.47 Å². The summed E-state index contributed by atoms with van der Waals surface area (Å²) in [5.74, 6) is 0.544. The van der Waals surface area contributed by atoms with Crippen molar-refractivity contribution in [1.29, 1.82) is 0 Å². The Labute approximate surface area is 135 Å². The summed E-state index contributed by atoms with van der Waals surface area (Å²) in [6, 6.07) is 5.89. The second-order valence-electron chi connectivity index (χ2n) is 6.88. The number of esters is 1. The van der Waals surface area contributed by atoms with Crippen LogP contribution in [0.4, 0.5) is 0 Å². The lowest BCUT2D eigenvalue weighted by Gasteiger charge is -2.41. The normalized spacial score (nSPS) is 29.0. The summed E-state index contributed by atoms with van der Waals surface area (Å²) < 4.78 is 11.2. The molecule has 4 heteroatoms. The van der Waals surface area contributed by atoms with Gasteiger partial charge in [-0.3, -0.25) is 4.79 Å². The Kier molecular flexibility index (Phi) is 3.29. The highest BCUT2D eigenvalue weighted by atomic mass is 16.5. The number of fused-ring (bicyclic) bond motifs is 4. The Balaban J connectivity index is 1.75. The van der Waals surface area contributed by atoms with E-state index >= 15 is 0 Å². The molecule has 1 aromatic carbocycles. The maximum absolute atomic E-state index is 13.1. The van der Waals surface area contributed by atoms with Crippen molar-refractivity contribution < 1.29 is 19.1 Å².